The van der Waals surface area contributed by atoms with Gasteiger partial charge in [0.05, 0.1) is 14.2 Å². The Morgan fingerprint density at radius 1 is 1.25 bits per heavy atom. The molecule has 0 aliphatic heterocycles. The number of nitrogens with zero attached hydrogens (tertiary/aromatic N) is 4. The van der Waals surface area contributed by atoms with Crippen LogP contribution in [-0.4, -0.2) is 23.9 Å². The fourth-order valence-corrected chi connectivity index (χ4v) is 2.10. The van der Waals surface area contributed by atoms with Crippen molar-refractivity contribution in [2.75, 3.05) is 14.2 Å². The van der Waals surface area contributed by atoms with Crippen molar-refractivity contribution < 1.29 is 14.6 Å². The molecule has 1 aromatic heterocycles. The molecular weight excluding hydrogens is 312 g/mol. The van der Waals surface area contributed by atoms with Gasteiger partial charge >= 0.3 is 0 Å². The molecule has 8 nitrogen and oxygen atoms in total. The van der Waals surface area contributed by atoms with Crippen molar-refractivity contribution in [3.8, 4) is 23.4 Å². The first-order chi connectivity index (χ1) is 11.4. The van der Waals surface area contributed by atoms with Gasteiger partial charge in [-0.25, -0.2) is 0 Å². The highest BCUT2D eigenvalue weighted by Crippen LogP contribution is 2.33. The molecule has 1 N–H and O–H groups in total. The van der Waals surface area contributed by atoms with Crippen LogP contribution < -0.4 is 15.0 Å². The highest BCUT2D eigenvalue weighted by atomic mass is 16.5. The van der Waals surface area contributed by atoms with E-state index in [1.807, 2.05) is 6.07 Å². The van der Waals surface area contributed by atoms with Crippen LogP contribution in [0.1, 0.15) is 11.1 Å². The van der Waals surface area contributed by atoms with Gasteiger partial charge in [-0.3, -0.25) is 9.36 Å². The molecule has 24 heavy (non-hydrogen) atoms. The Hall–Kier alpha value is -3.34. The third kappa shape index (κ3) is 2.92. The highest BCUT2D eigenvalue weighted by molar-refractivity contribution is 5.58. The monoisotopic (exact) mass is 328 g/mol. The lowest BCUT2D eigenvalue weighted by atomic mass is 10.1. The Morgan fingerprint density at radius 3 is 2.54 bits per heavy atom. The number of methoxy groups -OCH3 is 2. The van der Waals surface area contributed by atoms with Gasteiger partial charge in [0.15, 0.2) is 5.69 Å². The maximum Gasteiger partial charge on any atom is 0.281 e. The maximum atomic E-state index is 12.3. The molecule has 0 radical (unpaired) electrons. The summed E-state index contributed by atoms with van der Waals surface area (Å²) in [6.45, 7) is 1.52. The summed E-state index contributed by atoms with van der Waals surface area (Å²) in [5.41, 5.74) is 0.00333. The molecule has 2 rings (SSSR count). The molecular formula is C16H16N4O4. The van der Waals surface area contributed by atoms with E-state index in [4.69, 9.17) is 14.7 Å². The first-order valence-electron chi connectivity index (χ1n) is 6.91. The van der Waals surface area contributed by atoms with Crippen LogP contribution in [0.3, 0.4) is 0 Å². The van der Waals surface area contributed by atoms with E-state index in [1.54, 1.807) is 18.2 Å². The number of benzene rings is 1. The van der Waals surface area contributed by atoms with E-state index >= 15 is 0 Å². The van der Waals surface area contributed by atoms with E-state index in [-0.39, 0.29) is 16.8 Å². The minimum absolute atomic E-state index is 0.0244. The van der Waals surface area contributed by atoms with Gasteiger partial charge in [-0.15, -0.1) is 10.2 Å². The summed E-state index contributed by atoms with van der Waals surface area (Å²) in [4.78, 5) is 12.3. The summed E-state index contributed by atoms with van der Waals surface area (Å²) >= 11 is 0. The zero-order valence-electron chi connectivity index (χ0n) is 13.7. The van der Waals surface area contributed by atoms with Crippen LogP contribution in [0.25, 0.3) is 0 Å². The van der Waals surface area contributed by atoms with E-state index in [1.165, 1.54) is 28.2 Å². The standard InChI is InChI=1S/C16H16N4O4/c1-9-11(8-17)15(21)20(2)16(22)14(9)19-18-12-7-10(23-3)5-6-13(12)24-4/h5-7,21H,1-4H3. The van der Waals surface area contributed by atoms with E-state index in [0.29, 0.717) is 17.2 Å². The van der Waals surface area contributed by atoms with E-state index in [2.05, 4.69) is 10.2 Å². The molecule has 0 spiro atoms. The Labute approximate surface area is 138 Å². The zero-order chi connectivity index (χ0) is 17.9. The number of hydrogen-bond acceptors (Lipinski definition) is 7. The first kappa shape index (κ1) is 17.0. The lowest BCUT2D eigenvalue weighted by molar-refractivity contribution is 0.404. The van der Waals surface area contributed by atoms with Crippen LogP contribution in [0, 0.1) is 18.3 Å². The minimum Gasteiger partial charge on any atom is -0.497 e. The Morgan fingerprint density at radius 2 is 1.96 bits per heavy atom. The van der Waals surface area contributed by atoms with Gasteiger partial charge in [0.2, 0.25) is 5.88 Å². The molecule has 8 heteroatoms. The fraction of sp³-hybridized carbons (Fsp3) is 0.250. The van der Waals surface area contributed by atoms with Crippen LogP contribution in [0.15, 0.2) is 33.2 Å². The number of hydrogen-bond donors (Lipinski definition) is 1. The number of rotatable bonds is 4. The number of ether oxygens (including phenoxy) is 2. The van der Waals surface area contributed by atoms with Crippen molar-refractivity contribution in [2.45, 2.75) is 6.92 Å². The number of pyridine rings is 1. The van der Waals surface area contributed by atoms with Crippen molar-refractivity contribution in [1.29, 1.82) is 5.26 Å². The minimum atomic E-state index is -0.561. The van der Waals surface area contributed by atoms with Crippen LogP contribution in [0.4, 0.5) is 11.4 Å². The molecule has 2 aromatic rings. The van der Waals surface area contributed by atoms with Crippen molar-refractivity contribution in [1.82, 2.24) is 4.57 Å². The second-order valence-electron chi connectivity index (χ2n) is 4.89. The van der Waals surface area contributed by atoms with E-state index in [0.717, 1.165) is 4.57 Å². The summed E-state index contributed by atoms with van der Waals surface area (Å²) < 4.78 is 11.3. The van der Waals surface area contributed by atoms with Gasteiger partial charge in [0, 0.05) is 18.7 Å². The average Bonchev–Trinajstić information content (AvgIpc) is 2.60. The zero-order valence-corrected chi connectivity index (χ0v) is 13.7. The summed E-state index contributed by atoms with van der Waals surface area (Å²) in [6.07, 6.45) is 0. The third-order valence-electron chi connectivity index (χ3n) is 3.53. The predicted molar refractivity (Wildman–Crippen MR) is 86.5 cm³/mol. The smallest absolute Gasteiger partial charge is 0.281 e. The highest BCUT2D eigenvalue weighted by Gasteiger charge is 2.17. The Kier molecular flexibility index (Phi) is 4.84. The quantitative estimate of drug-likeness (QED) is 0.868. The van der Waals surface area contributed by atoms with E-state index in [9.17, 15) is 9.90 Å². The summed E-state index contributed by atoms with van der Waals surface area (Å²) in [6, 6.07) is 6.83. The third-order valence-corrected chi connectivity index (χ3v) is 3.53. The summed E-state index contributed by atoms with van der Waals surface area (Å²) in [5, 5.41) is 27.0. The lowest BCUT2D eigenvalue weighted by Gasteiger charge is -2.09. The first-order valence-corrected chi connectivity index (χ1v) is 6.91. The Balaban J connectivity index is 2.61. The average molecular weight is 328 g/mol. The van der Waals surface area contributed by atoms with Crippen molar-refractivity contribution in [2.24, 2.45) is 17.3 Å². The molecule has 0 unspecified atom stereocenters. The fourth-order valence-electron chi connectivity index (χ4n) is 2.10. The van der Waals surface area contributed by atoms with Crippen molar-refractivity contribution >= 4 is 11.4 Å². The molecule has 0 bridgehead atoms. The van der Waals surface area contributed by atoms with Gasteiger partial charge in [0.25, 0.3) is 5.56 Å². The molecule has 0 fully saturated rings. The van der Waals surface area contributed by atoms with Gasteiger partial charge < -0.3 is 14.6 Å². The predicted octanol–water partition coefficient (Wildman–Crippen LogP) is 2.70. The largest absolute Gasteiger partial charge is 0.497 e. The topological polar surface area (TPSA) is 109 Å². The van der Waals surface area contributed by atoms with Crippen LogP contribution in [0.2, 0.25) is 0 Å². The molecule has 0 amide bonds. The molecule has 0 aliphatic carbocycles. The van der Waals surface area contributed by atoms with Gasteiger partial charge in [-0.2, -0.15) is 5.26 Å². The molecule has 1 heterocycles. The SMILES string of the molecule is COc1ccc(OC)c(N=Nc2c(C)c(C#N)c(O)n(C)c2=O)c1. The number of azo groups is 1. The molecule has 0 saturated carbocycles. The number of nitriles is 1. The number of aromatic hydroxyl groups is 1. The molecule has 124 valence electrons. The molecule has 0 atom stereocenters. The second-order valence-corrected chi connectivity index (χ2v) is 4.89. The Bertz CT molecular complexity index is 910. The molecule has 0 saturated heterocycles. The summed E-state index contributed by atoms with van der Waals surface area (Å²) in [7, 11) is 4.35. The van der Waals surface area contributed by atoms with Gasteiger partial charge in [0.1, 0.15) is 28.8 Å². The van der Waals surface area contributed by atoms with Crippen LogP contribution in [-0.2, 0) is 7.05 Å². The van der Waals surface area contributed by atoms with Crippen LogP contribution >= 0.6 is 0 Å². The van der Waals surface area contributed by atoms with Gasteiger partial charge in [-0.05, 0) is 19.1 Å². The summed E-state index contributed by atoms with van der Waals surface area (Å²) in [5.74, 6) is 0.601. The maximum absolute atomic E-state index is 12.3. The van der Waals surface area contributed by atoms with Crippen LogP contribution in [0.5, 0.6) is 17.4 Å². The van der Waals surface area contributed by atoms with Crippen molar-refractivity contribution in [3.05, 3.63) is 39.7 Å². The second kappa shape index (κ2) is 6.83. The normalized spacial score (nSPS) is 10.6. The molecule has 1 aromatic carbocycles. The van der Waals surface area contributed by atoms with Gasteiger partial charge in [-0.1, -0.05) is 0 Å². The number of aromatic nitrogens is 1. The van der Waals surface area contributed by atoms with E-state index < -0.39 is 11.4 Å². The lowest BCUT2D eigenvalue weighted by Crippen LogP contribution is -2.18. The van der Waals surface area contributed by atoms with Crippen molar-refractivity contribution in [3.63, 3.8) is 0 Å². The molecule has 0 aliphatic rings.